The molecule has 2 N–H and O–H groups in total. The number of nitrogens with zero attached hydrogens (tertiary/aromatic N) is 2. The number of β-amino-alcohol motifs (C(OH)–C–C–N with tert-alkyl or cyclic N) is 1. The normalized spacial score (nSPS) is 22.0. The van der Waals surface area contributed by atoms with Gasteiger partial charge in [-0.3, -0.25) is 9.69 Å². The van der Waals surface area contributed by atoms with Gasteiger partial charge in [0.25, 0.3) is 0 Å². The van der Waals surface area contributed by atoms with Gasteiger partial charge in [0.05, 0.1) is 12.1 Å². The van der Waals surface area contributed by atoms with Gasteiger partial charge in [-0.15, -0.1) is 11.3 Å². The lowest BCUT2D eigenvalue weighted by atomic mass is 10.2. The Morgan fingerprint density at radius 2 is 2.61 bits per heavy atom. The van der Waals surface area contributed by atoms with E-state index in [9.17, 15) is 9.90 Å². The monoisotopic (exact) mass is 269 g/mol. The van der Waals surface area contributed by atoms with Crippen molar-refractivity contribution in [2.45, 2.75) is 38.3 Å². The Balaban J connectivity index is 1.92. The average Bonchev–Trinajstić information content (AvgIpc) is 3.00. The zero-order valence-corrected chi connectivity index (χ0v) is 11.3. The van der Waals surface area contributed by atoms with Gasteiger partial charge < -0.3 is 10.4 Å². The molecule has 1 fully saturated rings. The van der Waals surface area contributed by atoms with Gasteiger partial charge in [-0.2, -0.15) is 0 Å². The Hall–Kier alpha value is -0.980. The maximum atomic E-state index is 12.1. The largest absolute Gasteiger partial charge is 0.392 e. The van der Waals surface area contributed by atoms with Gasteiger partial charge in [-0.1, -0.05) is 6.92 Å². The third-order valence-electron chi connectivity index (χ3n) is 3.25. The van der Waals surface area contributed by atoms with Crippen LogP contribution in [-0.4, -0.2) is 46.1 Å². The number of anilines is 1. The molecule has 0 aliphatic carbocycles. The molecule has 2 heterocycles. The Kier molecular flexibility index (Phi) is 4.68. The van der Waals surface area contributed by atoms with Crippen LogP contribution in [-0.2, 0) is 4.79 Å². The van der Waals surface area contributed by atoms with Crippen molar-refractivity contribution in [1.29, 1.82) is 0 Å². The van der Waals surface area contributed by atoms with E-state index in [0.29, 0.717) is 11.7 Å². The average molecular weight is 269 g/mol. The number of thiazole rings is 1. The molecule has 0 radical (unpaired) electrons. The van der Waals surface area contributed by atoms with Gasteiger partial charge in [0.15, 0.2) is 5.13 Å². The highest BCUT2D eigenvalue weighted by atomic mass is 32.1. The fraction of sp³-hybridized carbons (Fsp3) is 0.667. The van der Waals surface area contributed by atoms with Crippen LogP contribution < -0.4 is 5.32 Å². The second-order valence-electron chi connectivity index (χ2n) is 4.54. The Labute approximate surface area is 111 Å². The van der Waals surface area contributed by atoms with E-state index >= 15 is 0 Å². The van der Waals surface area contributed by atoms with Gasteiger partial charge in [0.2, 0.25) is 5.91 Å². The van der Waals surface area contributed by atoms with Crippen LogP contribution in [0.4, 0.5) is 5.13 Å². The standard InChI is InChI=1S/C12H19N3O2S/c1-2-9(16)8-15-6-3-4-10(15)11(17)14-12-13-5-7-18-12/h5,7,9-10,16H,2-4,6,8H2,1H3,(H,13,14,17)/t9-,10?/m1/s1. The maximum absolute atomic E-state index is 12.1. The summed E-state index contributed by atoms with van der Waals surface area (Å²) in [6.45, 7) is 3.41. The molecule has 2 atom stereocenters. The van der Waals surface area contributed by atoms with Crippen LogP contribution in [0.15, 0.2) is 11.6 Å². The molecule has 0 bridgehead atoms. The number of aliphatic hydroxyl groups excluding tert-OH is 1. The summed E-state index contributed by atoms with van der Waals surface area (Å²) in [7, 11) is 0. The van der Waals surface area contributed by atoms with Gasteiger partial charge in [0, 0.05) is 18.1 Å². The quantitative estimate of drug-likeness (QED) is 0.846. The minimum Gasteiger partial charge on any atom is -0.392 e. The number of carbonyl (C=O) groups excluding carboxylic acids is 1. The highest BCUT2D eigenvalue weighted by Gasteiger charge is 2.31. The Morgan fingerprint density at radius 3 is 3.28 bits per heavy atom. The molecule has 0 saturated carbocycles. The van der Waals surface area contributed by atoms with E-state index < -0.39 is 0 Å². The second-order valence-corrected chi connectivity index (χ2v) is 5.44. The molecule has 1 aromatic heterocycles. The number of hydrogen-bond donors (Lipinski definition) is 2. The van der Waals surface area contributed by atoms with Crippen molar-refractivity contribution in [3.05, 3.63) is 11.6 Å². The molecule has 6 heteroatoms. The number of hydrogen-bond acceptors (Lipinski definition) is 5. The molecule has 2 rings (SSSR count). The second kappa shape index (κ2) is 6.26. The molecule has 0 aromatic carbocycles. The fourth-order valence-electron chi connectivity index (χ4n) is 2.22. The molecule has 1 amide bonds. The predicted molar refractivity (Wildman–Crippen MR) is 71.6 cm³/mol. The predicted octanol–water partition coefficient (Wildman–Crippen LogP) is 1.32. The highest BCUT2D eigenvalue weighted by molar-refractivity contribution is 7.13. The lowest BCUT2D eigenvalue weighted by molar-refractivity contribution is -0.120. The van der Waals surface area contributed by atoms with E-state index in [1.54, 1.807) is 6.20 Å². The number of likely N-dealkylation sites (tertiary alicyclic amines) is 1. The molecule has 1 saturated heterocycles. The van der Waals surface area contributed by atoms with E-state index in [0.717, 1.165) is 25.8 Å². The van der Waals surface area contributed by atoms with Crippen LogP contribution in [0, 0.1) is 0 Å². The van der Waals surface area contributed by atoms with Crippen molar-refractivity contribution >= 4 is 22.4 Å². The van der Waals surface area contributed by atoms with Crippen molar-refractivity contribution in [3.63, 3.8) is 0 Å². The number of rotatable bonds is 5. The number of aliphatic hydroxyl groups is 1. The molecular formula is C12H19N3O2S. The van der Waals surface area contributed by atoms with Crippen molar-refractivity contribution in [1.82, 2.24) is 9.88 Å². The van der Waals surface area contributed by atoms with Crippen LogP contribution in [0.1, 0.15) is 26.2 Å². The van der Waals surface area contributed by atoms with E-state index in [1.165, 1.54) is 11.3 Å². The number of aromatic nitrogens is 1. The summed E-state index contributed by atoms with van der Waals surface area (Å²) in [6, 6.07) is -0.130. The van der Waals surface area contributed by atoms with Crippen LogP contribution in [0.3, 0.4) is 0 Å². The zero-order valence-electron chi connectivity index (χ0n) is 10.5. The van der Waals surface area contributed by atoms with Crippen LogP contribution in [0.25, 0.3) is 0 Å². The molecule has 1 aliphatic heterocycles. The first-order valence-corrected chi connectivity index (χ1v) is 7.21. The first kappa shape index (κ1) is 13.5. The van der Waals surface area contributed by atoms with Crippen LogP contribution in [0.5, 0.6) is 0 Å². The minimum absolute atomic E-state index is 0.00856. The van der Waals surface area contributed by atoms with E-state index in [1.807, 2.05) is 12.3 Å². The van der Waals surface area contributed by atoms with E-state index in [-0.39, 0.29) is 18.1 Å². The summed E-state index contributed by atoms with van der Waals surface area (Å²) in [5.41, 5.74) is 0. The summed E-state index contributed by atoms with van der Waals surface area (Å²) in [6.07, 6.45) is 3.91. The van der Waals surface area contributed by atoms with Gasteiger partial charge >= 0.3 is 0 Å². The lowest BCUT2D eigenvalue weighted by Gasteiger charge is -2.25. The third kappa shape index (κ3) is 3.28. The molecule has 1 aliphatic rings. The molecular weight excluding hydrogens is 250 g/mol. The first-order chi connectivity index (χ1) is 8.70. The van der Waals surface area contributed by atoms with Crippen LogP contribution >= 0.6 is 11.3 Å². The maximum Gasteiger partial charge on any atom is 0.243 e. The molecule has 1 aromatic rings. The minimum atomic E-state index is -0.349. The number of nitrogens with one attached hydrogen (secondary N) is 1. The molecule has 18 heavy (non-hydrogen) atoms. The Bertz CT molecular complexity index is 383. The summed E-state index contributed by atoms with van der Waals surface area (Å²) in [5.74, 6) is -0.00856. The fourth-order valence-corrected chi connectivity index (χ4v) is 2.75. The lowest BCUT2D eigenvalue weighted by Crippen LogP contribution is -2.43. The summed E-state index contributed by atoms with van der Waals surface area (Å²) in [4.78, 5) is 18.2. The first-order valence-electron chi connectivity index (χ1n) is 6.33. The zero-order chi connectivity index (χ0) is 13.0. The van der Waals surface area contributed by atoms with Crippen molar-refractivity contribution < 1.29 is 9.90 Å². The molecule has 0 spiro atoms. The van der Waals surface area contributed by atoms with Crippen LogP contribution in [0.2, 0.25) is 0 Å². The van der Waals surface area contributed by atoms with Crippen molar-refractivity contribution in [2.75, 3.05) is 18.4 Å². The van der Waals surface area contributed by atoms with Crippen molar-refractivity contribution in [2.24, 2.45) is 0 Å². The van der Waals surface area contributed by atoms with E-state index in [4.69, 9.17) is 0 Å². The highest BCUT2D eigenvalue weighted by Crippen LogP contribution is 2.20. The topological polar surface area (TPSA) is 65.5 Å². The third-order valence-corrected chi connectivity index (χ3v) is 3.93. The smallest absolute Gasteiger partial charge is 0.243 e. The van der Waals surface area contributed by atoms with Gasteiger partial charge in [0.1, 0.15) is 0 Å². The van der Waals surface area contributed by atoms with E-state index in [2.05, 4.69) is 15.2 Å². The SMILES string of the molecule is CC[C@@H](O)CN1CCCC1C(=O)Nc1nccs1. The summed E-state index contributed by atoms with van der Waals surface area (Å²) >= 11 is 1.42. The molecule has 1 unspecified atom stereocenters. The van der Waals surface area contributed by atoms with Gasteiger partial charge in [-0.25, -0.2) is 4.98 Å². The van der Waals surface area contributed by atoms with Gasteiger partial charge in [-0.05, 0) is 25.8 Å². The summed E-state index contributed by atoms with van der Waals surface area (Å²) in [5, 5.41) is 15.0. The number of amides is 1. The molecule has 100 valence electrons. The number of carbonyl (C=O) groups is 1. The molecule has 5 nitrogen and oxygen atoms in total. The van der Waals surface area contributed by atoms with Crippen molar-refractivity contribution in [3.8, 4) is 0 Å². The Morgan fingerprint density at radius 1 is 1.78 bits per heavy atom. The summed E-state index contributed by atoms with van der Waals surface area (Å²) < 4.78 is 0.